The van der Waals surface area contributed by atoms with E-state index in [-0.39, 0.29) is 16.5 Å². The monoisotopic (exact) mass is 346 g/mol. The Bertz CT molecular complexity index is 947. The molecule has 0 aliphatic heterocycles. The minimum atomic E-state index is -0.759. The molecule has 0 unspecified atom stereocenters. The molecule has 0 atom stereocenters. The fourth-order valence-corrected chi connectivity index (χ4v) is 2.42. The SMILES string of the molecule is COc1cc2nccc(Oc3ccc(N)c(Cl)c3F)c2cc1C=O. The number of fused-ring (bicyclic) bond motifs is 1. The van der Waals surface area contributed by atoms with E-state index in [0.717, 1.165) is 0 Å². The molecule has 0 aliphatic carbocycles. The molecule has 122 valence electrons. The highest BCUT2D eigenvalue weighted by atomic mass is 35.5. The average molecular weight is 347 g/mol. The lowest BCUT2D eigenvalue weighted by molar-refractivity contribution is 0.112. The quantitative estimate of drug-likeness (QED) is 0.565. The number of aromatic nitrogens is 1. The maximum atomic E-state index is 14.2. The van der Waals surface area contributed by atoms with Gasteiger partial charge in [0.1, 0.15) is 16.5 Å². The summed E-state index contributed by atoms with van der Waals surface area (Å²) in [5.41, 5.74) is 6.54. The van der Waals surface area contributed by atoms with Crippen LogP contribution in [0.5, 0.6) is 17.2 Å². The van der Waals surface area contributed by atoms with Crippen LogP contribution in [0.4, 0.5) is 10.1 Å². The highest BCUT2D eigenvalue weighted by molar-refractivity contribution is 6.33. The summed E-state index contributed by atoms with van der Waals surface area (Å²) in [5.74, 6) is -0.120. The highest BCUT2D eigenvalue weighted by Crippen LogP contribution is 2.36. The van der Waals surface area contributed by atoms with E-state index >= 15 is 0 Å². The van der Waals surface area contributed by atoms with Gasteiger partial charge in [0.25, 0.3) is 0 Å². The van der Waals surface area contributed by atoms with Gasteiger partial charge in [-0.25, -0.2) is 4.39 Å². The minimum absolute atomic E-state index is 0.0785. The molecule has 0 spiro atoms. The first kappa shape index (κ1) is 16.0. The van der Waals surface area contributed by atoms with Crippen LogP contribution in [0.15, 0.2) is 36.5 Å². The molecular weight excluding hydrogens is 335 g/mol. The number of pyridine rings is 1. The molecule has 2 N–H and O–H groups in total. The van der Waals surface area contributed by atoms with Crippen molar-refractivity contribution >= 4 is 34.5 Å². The lowest BCUT2D eigenvalue weighted by Crippen LogP contribution is -1.96. The Labute approximate surface area is 141 Å². The summed E-state index contributed by atoms with van der Waals surface area (Å²) < 4.78 is 25.0. The Kier molecular flexibility index (Phi) is 4.22. The van der Waals surface area contributed by atoms with Crippen LogP contribution in [0.3, 0.4) is 0 Å². The maximum absolute atomic E-state index is 14.2. The number of hydrogen-bond acceptors (Lipinski definition) is 5. The summed E-state index contributed by atoms with van der Waals surface area (Å²) in [5, 5.41) is 0.328. The van der Waals surface area contributed by atoms with Gasteiger partial charge < -0.3 is 15.2 Å². The van der Waals surface area contributed by atoms with Crippen LogP contribution in [0, 0.1) is 5.82 Å². The van der Waals surface area contributed by atoms with Gasteiger partial charge >= 0.3 is 0 Å². The molecule has 1 aromatic heterocycles. The van der Waals surface area contributed by atoms with Crippen molar-refractivity contribution in [2.75, 3.05) is 12.8 Å². The van der Waals surface area contributed by atoms with Crippen LogP contribution in [0.1, 0.15) is 10.4 Å². The van der Waals surface area contributed by atoms with Crippen LogP contribution in [-0.4, -0.2) is 18.4 Å². The van der Waals surface area contributed by atoms with Crippen molar-refractivity contribution in [3.05, 3.63) is 52.9 Å². The molecule has 5 nitrogen and oxygen atoms in total. The lowest BCUT2D eigenvalue weighted by atomic mass is 10.1. The minimum Gasteiger partial charge on any atom is -0.496 e. The van der Waals surface area contributed by atoms with Gasteiger partial charge in [-0.1, -0.05) is 11.6 Å². The number of benzene rings is 2. The third-order valence-corrected chi connectivity index (χ3v) is 3.86. The van der Waals surface area contributed by atoms with Crippen LogP contribution >= 0.6 is 11.6 Å². The Balaban J connectivity index is 2.13. The Hall–Kier alpha value is -2.86. The third kappa shape index (κ3) is 2.72. The zero-order valence-corrected chi connectivity index (χ0v) is 13.3. The number of aldehydes is 1. The van der Waals surface area contributed by atoms with Crippen molar-refractivity contribution in [1.29, 1.82) is 0 Å². The van der Waals surface area contributed by atoms with E-state index in [1.807, 2.05) is 0 Å². The second-order valence-electron chi connectivity index (χ2n) is 4.92. The number of rotatable bonds is 4. The first-order valence-electron chi connectivity index (χ1n) is 6.88. The first-order valence-corrected chi connectivity index (χ1v) is 7.26. The smallest absolute Gasteiger partial charge is 0.186 e. The number of carbonyl (C=O) groups excluding carboxylic acids is 1. The molecule has 0 bridgehead atoms. The molecule has 3 aromatic rings. The van der Waals surface area contributed by atoms with Crippen molar-refractivity contribution < 1.29 is 18.7 Å². The lowest BCUT2D eigenvalue weighted by Gasteiger charge is -2.12. The zero-order chi connectivity index (χ0) is 17.3. The molecule has 0 radical (unpaired) electrons. The molecule has 0 fully saturated rings. The van der Waals surface area contributed by atoms with Gasteiger partial charge in [0.05, 0.1) is 23.9 Å². The summed E-state index contributed by atoms with van der Waals surface area (Å²) >= 11 is 5.80. The summed E-state index contributed by atoms with van der Waals surface area (Å²) in [6.07, 6.45) is 2.17. The van der Waals surface area contributed by atoms with Gasteiger partial charge in [0.15, 0.2) is 17.9 Å². The van der Waals surface area contributed by atoms with Gasteiger partial charge in [-0.3, -0.25) is 9.78 Å². The molecule has 24 heavy (non-hydrogen) atoms. The van der Waals surface area contributed by atoms with Crippen molar-refractivity contribution in [2.24, 2.45) is 0 Å². The number of halogens is 2. The van der Waals surface area contributed by atoms with Crippen LogP contribution in [-0.2, 0) is 0 Å². The van der Waals surface area contributed by atoms with Gasteiger partial charge in [0, 0.05) is 17.6 Å². The standard InChI is InChI=1S/C17H12ClFN2O3/c1-23-15-7-12-10(6-9(15)8-22)13(4-5-21-12)24-14-3-2-11(20)16(18)17(14)19/h2-8H,20H2,1H3. The molecule has 0 amide bonds. The third-order valence-electron chi connectivity index (χ3n) is 3.48. The molecule has 0 aliphatic rings. The van der Waals surface area contributed by atoms with Crippen LogP contribution in [0.25, 0.3) is 10.9 Å². The van der Waals surface area contributed by atoms with Gasteiger partial charge in [-0.15, -0.1) is 0 Å². The summed E-state index contributed by atoms with van der Waals surface area (Å²) in [7, 11) is 1.46. The topological polar surface area (TPSA) is 74.4 Å². The van der Waals surface area contributed by atoms with Crippen molar-refractivity contribution in [2.45, 2.75) is 0 Å². The summed E-state index contributed by atoms with van der Waals surface area (Å²) in [4.78, 5) is 15.4. The number of methoxy groups -OCH3 is 1. The van der Waals surface area contributed by atoms with E-state index in [9.17, 15) is 9.18 Å². The predicted molar refractivity (Wildman–Crippen MR) is 89.6 cm³/mol. The highest BCUT2D eigenvalue weighted by Gasteiger charge is 2.15. The average Bonchev–Trinajstić information content (AvgIpc) is 2.61. The Morgan fingerprint density at radius 1 is 1.21 bits per heavy atom. The normalized spacial score (nSPS) is 10.6. The number of nitrogen functional groups attached to an aromatic ring is 1. The van der Waals surface area contributed by atoms with Crippen molar-refractivity contribution in [3.8, 4) is 17.2 Å². The molecule has 3 rings (SSSR count). The van der Waals surface area contributed by atoms with Gasteiger partial charge in [0.2, 0.25) is 0 Å². The van der Waals surface area contributed by atoms with Crippen LogP contribution < -0.4 is 15.2 Å². The number of hydrogen-bond donors (Lipinski definition) is 1. The zero-order valence-electron chi connectivity index (χ0n) is 12.5. The van der Waals surface area contributed by atoms with Crippen LogP contribution in [0.2, 0.25) is 5.02 Å². The van der Waals surface area contributed by atoms with Gasteiger partial charge in [-0.2, -0.15) is 0 Å². The van der Waals surface area contributed by atoms with Crippen molar-refractivity contribution in [3.63, 3.8) is 0 Å². The fourth-order valence-electron chi connectivity index (χ4n) is 2.27. The maximum Gasteiger partial charge on any atom is 0.186 e. The van der Waals surface area contributed by atoms with E-state index in [2.05, 4.69) is 4.98 Å². The predicted octanol–water partition coefficient (Wildman–Crippen LogP) is 4.22. The van der Waals surface area contributed by atoms with E-state index in [4.69, 9.17) is 26.8 Å². The molecule has 1 heterocycles. The molecule has 7 heteroatoms. The molecular formula is C17H12ClFN2O3. The Morgan fingerprint density at radius 3 is 2.71 bits per heavy atom. The number of ether oxygens (including phenoxy) is 2. The summed E-state index contributed by atoms with van der Waals surface area (Å²) in [6, 6.07) is 7.57. The molecule has 0 saturated heterocycles. The van der Waals surface area contributed by atoms with Gasteiger partial charge in [-0.05, 0) is 24.3 Å². The van der Waals surface area contributed by atoms with E-state index in [1.54, 1.807) is 18.2 Å². The van der Waals surface area contributed by atoms with E-state index < -0.39 is 5.82 Å². The number of anilines is 1. The fraction of sp³-hybridized carbons (Fsp3) is 0.0588. The molecule has 0 saturated carbocycles. The van der Waals surface area contributed by atoms with E-state index in [1.165, 1.54) is 25.4 Å². The Morgan fingerprint density at radius 2 is 2.00 bits per heavy atom. The summed E-state index contributed by atoms with van der Waals surface area (Å²) in [6.45, 7) is 0. The number of carbonyl (C=O) groups is 1. The number of nitrogens with zero attached hydrogens (tertiary/aromatic N) is 1. The second kappa shape index (κ2) is 6.33. The van der Waals surface area contributed by atoms with Crippen molar-refractivity contribution in [1.82, 2.24) is 4.98 Å². The number of nitrogens with two attached hydrogens (primary N) is 1. The molecule has 2 aromatic carbocycles. The second-order valence-corrected chi connectivity index (χ2v) is 5.30. The van der Waals surface area contributed by atoms with E-state index in [0.29, 0.717) is 34.3 Å². The first-order chi connectivity index (χ1) is 11.5. The largest absolute Gasteiger partial charge is 0.496 e.